The quantitative estimate of drug-likeness (QED) is 0.343. The number of hydrogen-bond acceptors (Lipinski definition) is 3. The molecular weight excluding hydrogens is 254 g/mol. The minimum absolute atomic E-state index is 0.0371. The Hall–Kier alpha value is -1.84. The van der Waals surface area contributed by atoms with Crippen LogP contribution in [-0.2, 0) is 14.3 Å². The van der Waals surface area contributed by atoms with Crippen molar-refractivity contribution in [2.75, 3.05) is 6.61 Å². The predicted octanol–water partition coefficient (Wildman–Crippen LogP) is 2.33. The van der Waals surface area contributed by atoms with Gasteiger partial charge < -0.3 is 4.74 Å². The van der Waals surface area contributed by atoms with Crippen LogP contribution < -0.4 is 0 Å². The molecule has 0 radical (unpaired) electrons. The lowest BCUT2D eigenvalue weighted by Gasteiger charge is -2.41. The number of amides is 1. The molecule has 3 rings (SSSR count). The molecule has 0 N–H and O–H groups in total. The Balaban J connectivity index is 1.95. The highest BCUT2D eigenvalue weighted by molar-refractivity contribution is 6.09. The Morgan fingerprint density at radius 3 is 3.00 bits per heavy atom. The van der Waals surface area contributed by atoms with Gasteiger partial charge in [-0.15, -0.1) is 0 Å². The van der Waals surface area contributed by atoms with E-state index in [4.69, 9.17) is 4.74 Å². The van der Waals surface area contributed by atoms with Crippen LogP contribution >= 0.6 is 0 Å². The number of ether oxygens (including phenoxy) is 1. The van der Waals surface area contributed by atoms with E-state index in [0.29, 0.717) is 11.6 Å². The second kappa shape index (κ2) is 4.93. The summed E-state index contributed by atoms with van der Waals surface area (Å²) in [4.78, 5) is 26.1. The number of carbonyl (C=O) groups is 2. The molecule has 0 bridgehead atoms. The number of β-lactam (4-membered cyclic amide) rings is 1. The van der Waals surface area contributed by atoms with Gasteiger partial charge >= 0.3 is 5.97 Å². The van der Waals surface area contributed by atoms with E-state index in [2.05, 4.69) is 6.58 Å². The van der Waals surface area contributed by atoms with E-state index < -0.39 is 0 Å². The first kappa shape index (κ1) is 13.2. The minimum Gasteiger partial charge on any atom is -0.457 e. The van der Waals surface area contributed by atoms with E-state index in [1.54, 1.807) is 11.0 Å². The fourth-order valence-electron chi connectivity index (χ4n) is 3.67. The first-order valence-electron chi connectivity index (χ1n) is 7.21. The van der Waals surface area contributed by atoms with E-state index >= 15 is 0 Å². The highest BCUT2D eigenvalue weighted by atomic mass is 16.5. The molecule has 1 saturated carbocycles. The Morgan fingerprint density at radius 1 is 1.50 bits per heavy atom. The molecule has 2 fully saturated rings. The number of allylic oxidation sites excluding steroid dienone is 1. The van der Waals surface area contributed by atoms with Gasteiger partial charge in [-0.3, -0.25) is 9.69 Å². The molecule has 1 amide bonds. The van der Waals surface area contributed by atoms with Crippen molar-refractivity contribution in [2.24, 2.45) is 5.92 Å². The summed E-state index contributed by atoms with van der Waals surface area (Å²) in [5.74, 6) is -0.0957. The maximum atomic E-state index is 12.2. The number of rotatable bonds is 3. The molecule has 106 valence electrons. The Bertz CT molecular complexity index is 544. The molecule has 20 heavy (non-hydrogen) atoms. The average molecular weight is 273 g/mol. The largest absolute Gasteiger partial charge is 0.457 e. The molecule has 0 aromatic carbocycles. The van der Waals surface area contributed by atoms with Crippen LogP contribution in [-0.4, -0.2) is 29.4 Å². The highest BCUT2D eigenvalue weighted by Gasteiger charge is 2.56. The van der Waals surface area contributed by atoms with Gasteiger partial charge in [-0.1, -0.05) is 25.2 Å². The van der Waals surface area contributed by atoms with Gasteiger partial charge in [0.05, 0.1) is 6.04 Å². The average Bonchev–Trinajstić information content (AvgIpc) is 2.77. The molecule has 4 nitrogen and oxygen atoms in total. The molecule has 4 heteroatoms. The molecule has 1 aliphatic carbocycles. The lowest BCUT2D eigenvalue weighted by atomic mass is 9.77. The third kappa shape index (κ3) is 1.67. The van der Waals surface area contributed by atoms with Gasteiger partial charge in [-0.2, -0.15) is 0 Å². The summed E-state index contributed by atoms with van der Waals surface area (Å²) in [6.45, 7) is 5.62. The Kier molecular flexibility index (Phi) is 3.24. The lowest BCUT2D eigenvalue weighted by molar-refractivity contribution is -0.145. The van der Waals surface area contributed by atoms with Crippen molar-refractivity contribution in [3.05, 3.63) is 35.6 Å². The SMILES string of the molecule is C=CCOC(=O)C1=C2CCCCC2[C@@H]2/C(=C\C)C(=O)N12. The second-order valence-corrected chi connectivity index (χ2v) is 5.48. The van der Waals surface area contributed by atoms with E-state index in [9.17, 15) is 9.59 Å². The summed E-state index contributed by atoms with van der Waals surface area (Å²) < 4.78 is 5.17. The summed E-state index contributed by atoms with van der Waals surface area (Å²) in [5.41, 5.74) is 2.48. The number of hydrogen-bond donors (Lipinski definition) is 0. The van der Waals surface area contributed by atoms with Gasteiger partial charge in [0.1, 0.15) is 12.3 Å². The van der Waals surface area contributed by atoms with Crippen LogP contribution in [0.25, 0.3) is 0 Å². The van der Waals surface area contributed by atoms with Gasteiger partial charge in [0.2, 0.25) is 0 Å². The monoisotopic (exact) mass is 273 g/mol. The third-order valence-corrected chi connectivity index (χ3v) is 4.48. The van der Waals surface area contributed by atoms with Crippen molar-refractivity contribution >= 4 is 11.9 Å². The molecular formula is C16H19NO3. The summed E-state index contributed by atoms with van der Waals surface area (Å²) in [6, 6.07) is 0.0779. The molecule has 3 aliphatic rings. The maximum absolute atomic E-state index is 12.2. The van der Waals surface area contributed by atoms with Crippen molar-refractivity contribution in [1.82, 2.24) is 4.90 Å². The van der Waals surface area contributed by atoms with E-state index in [-0.39, 0.29) is 24.5 Å². The number of fused-ring (bicyclic) bond motifs is 3. The van der Waals surface area contributed by atoms with Gasteiger partial charge in [0, 0.05) is 11.5 Å². The molecule has 2 aliphatic heterocycles. The van der Waals surface area contributed by atoms with E-state index in [1.807, 2.05) is 13.0 Å². The lowest BCUT2D eigenvalue weighted by Crippen LogP contribution is -2.55. The molecule has 0 aromatic heterocycles. The molecule has 1 unspecified atom stereocenters. The number of carbonyl (C=O) groups excluding carboxylic acids is 2. The first-order valence-corrected chi connectivity index (χ1v) is 7.21. The van der Waals surface area contributed by atoms with E-state index in [1.165, 1.54) is 6.42 Å². The summed E-state index contributed by atoms with van der Waals surface area (Å²) >= 11 is 0. The molecule has 2 atom stereocenters. The second-order valence-electron chi connectivity index (χ2n) is 5.48. The fourth-order valence-corrected chi connectivity index (χ4v) is 3.67. The zero-order chi connectivity index (χ0) is 14.3. The predicted molar refractivity (Wildman–Crippen MR) is 74.5 cm³/mol. The Morgan fingerprint density at radius 2 is 2.30 bits per heavy atom. The van der Waals surface area contributed by atoms with Gasteiger partial charge in [0.25, 0.3) is 5.91 Å². The van der Waals surface area contributed by atoms with Crippen LogP contribution in [0.4, 0.5) is 0 Å². The van der Waals surface area contributed by atoms with Crippen LogP contribution in [0.5, 0.6) is 0 Å². The summed E-state index contributed by atoms with van der Waals surface area (Å²) in [5, 5.41) is 0. The number of esters is 1. The zero-order valence-corrected chi connectivity index (χ0v) is 11.7. The molecule has 2 heterocycles. The van der Waals surface area contributed by atoms with Crippen LogP contribution in [0.1, 0.15) is 32.6 Å². The van der Waals surface area contributed by atoms with Crippen LogP contribution in [0.15, 0.2) is 35.6 Å². The van der Waals surface area contributed by atoms with Gasteiger partial charge in [0.15, 0.2) is 0 Å². The van der Waals surface area contributed by atoms with Gasteiger partial charge in [-0.25, -0.2) is 4.79 Å². The first-order chi connectivity index (χ1) is 9.70. The van der Waals surface area contributed by atoms with Gasteiger partial charge in [-0.05, 0) is 31.8 Å². The van der Waals surface area contributed by atoms with Crippen LogP contribution in [0.3, 0.4) is 0 Å². The van der Waals surface area contributed by atoms with Crippen molar-refractivity contribution in [3.63, 3.8) is 0 Å². The van der Waals surface area contributed by atoms with Crippen molar-refractivity contribution in [2.45, 2.75) is 38.6 Å². The van der Waals surface area contributed by atoms with Crippen LogP contribution in [0.2, 0.25) is 0 Å². The molecule has 0 aromatic rings. The normalized spacial score (nSPS) is 29.9. The van der Waals surface area contributed by atoms with Crippen LogP contribution in [0, 0.1) is 5.92 Å². The summed E-state index contributed by atoms with van der Waals surface area (Å²) in [6.07, 6.45) is 7.64. The van der Waals surface area contributed by atoms with Crippen molar-refractivity contribution < 1.29 is 14.3 Å². The molecule has 0 spiro atoms. The van der Waals surface area contributed by atoms with E-state index in [0.717, 1.165) is 30.4 Å². The molecule has 1 saturated heterocycles. The zero-order valence-electron chi connectivity index (χ0n) is 11.7. The fraction of sp³-hybridized carbons (Fsp3) is 0.500. The minimum atomic E-state index is -0.377. The van der Waals surface area contributed by atoms with Crippen molar-refractivity contribution in [1.29, 1.82) is 0 Å². The summed E-state index contributed by atoms with van der Waals surface area (Å²) in [7, 11) is 0. The topological polar surface area (TPSA) is 46.6 Å². The third-order valence-electron chi connectivity index (χ3n) is 4.48. The maximum Gasteiger partial charge on any atom is 0.355 e. The van der Waals surface area contributed by atoms with Crippen molar-refractivity contribution in [3.8, 4) is 0 Å². The highest BCUT2D eigenvalue weighted by Crippen LogP contribution is 2.51. The standard InChI is InChI=1S/C16H19NO3/c1-3-9-20-16(19)14-12-8-6-5-7-11(12)13-10(4-2)15(18)17(13)14/h3-4,11,13H,1,5-9H2,2H3/b10-4+/t11?,13-/m0/s1. The Labute approximate surface area is 118 Å². The number of nitrogens with zero attached hydrogens (tertiary/aromatic N) is 1. The smallest absolute Gasteiger partial charge is 0.355 e.